The van der Waals surface area contributed by atoms with E-state index < -0.39 is 11.7 Å². The van der Waals surface area contributed by atoms with Gasteiger partial charge in [0.1, 0.15) is 5.65 Å². The quantitative estimate of drug-likeness (QED) is 0.260. The van der Waals surface area contributed by atoms with Crippen LogP contribution in [0.4, 0.5) is 13.2 Å². The van der Waals surface area contributed by atoms with Gasteiger partial charge in [-0.3, -0.25) is 9.67 Å². The number of alkyl halides is 3. The van der Waals surface area contributed by atoms with Crippen LogP contribution in [0.1, 0.15) is 43.0 Å². The van der Waals surface area contributed by atoms with Gasteiger partial charge in [-0.2, -0.15) is 18.3 Å². The van der Waals surface area contributed by atoms with E-state index in [0.29, 0.717) is 22.9 Å². The van der Waals surface area contributed by atoms with E-state index in [9.17, 15) is 13.2 Å². The molecule has 0 bridgehead atoms. The van der Waals surface area contributed by atoms with E-state index in [1.165, 1.54) is 25.0 Å². The molecule has 4 aromatic heterocycles. The van der Waals surface area contributed by atoms with Crippen LogP contribution in [-0.4, -0.2) is 24.1 Å². The third-order valence-electron chi connectivity index (χ3n) is 6.88. The Labute approximate surface area is 204 Å². The highest BCUT2D eigenvalue weighted by atomic mass is 35.5. The van der Waals surface area contributed by atoms with Gasteiger partial charge in [0, 0.05) is 46.4 Å². The van der Waals surface area contributed by atoms with Crippen molar-refractivity contribution in [1.82, 2.24) is 24.1 Å². The number of rotatable bonds is 3. The Bertz CT molecular complexity index is 1580. The van der Waals surface area contributed by atoms with Gasteiger partial charge in [0.05, 0.1) is 34.0 Å². The first kappa shape index (κ1) is 22.1. The van der Waals surface area contributed by atoms with E-state index in [1.54, 1.807) is 23.7 Å². The molecule has 9 heteroatoms. The van der Waals surface area contributed by atoms with E-state index in [0.717, 1.165) is 35.4 Å². The van der Waals surface area contributed by atoms with Gasteiger partial charge in [0.15, 0.2) is 0 Å². The lowest BCUT2D eigenvalue weighted by Gasteiger charge is -2.13. The van der Waals surface area contributed by atoms with Gasteiger partial charge in [-0.1, -0.05) is 30.5 Å². The number of nitrogens with zero attached hydrogens (tertiary/aromatic N) is 5. The highest BCUT2D eigenvalue weighted by Gasteiger charge is 2.36. The van der Waals surface area contributed by atoms with Gasteiger partial charge in [-0.05, 0) is 44.0 Å². The average molecular weight is 496 g/mol. The molecule has 178 valence electrons. The smallest absolute Gasteiger partial charge is 0.303 e. The highest BCUT2D eigenvalue weighted by molar-refractivity contribution is 6.33. The van der Waals surface area contributed by atoms with Gasteiger partial charge < -0.3 is 4.40 Å². The third kappa shape index (κ3) is 3.67. The number of aromatic nitrogens is 5. The van der Waals surface area contributed by atoms with Crippen LogP contribution >= 0.6 is 11.6 Å². The molecule has 1 saturated carbocycles. The summed E-state index contributed by atoms with van der Waals surface area (Å²) >= 11 is 6.28. The number of pyridine rings is 2. The fourth-order valence-corrected chi connectivity index (χ4v) is 5.33. The molecule has 0 atom stereocenters. The summed E-state index contributed by atoms with van der Waals surface area (Å²) in [5.41, 5.74) is 2.91. The zero-order valence-corrected chi connectivity index (χ0v) is 19.6. The second-order valence-corrected chi connectivity index (χ2v) is 9.43. The Morgan fingerprint density at radius 1 is 1.06 bits per heavy atom. The molecule has 1 aromatic carbocycles. The molecule has 0 spiro atoms. The Balaban J connectivity index is 1.52. The zero-order chi connectivity index (χ0) is 24.3. The first-order valence-electron chi connectivity index (χ1n) is 11.5. The molecular weight excluding hydrogens is 475 g/mol. The van der Waals surface area contributed by atoms with E-state index in [4.69, 9.17) is 11.6 Å². The summed E-state index contributed by atoms with van der Waals surface area (Å²) < 4.78 is 45.2. The van der Waals surface area contributed by atoms with Crippen LogP contribution in [0.2, 0.25) is 5.02 Å². The maximum absolute atomic E-state index is 13.8. The van der Waals surface area contributed by atoms with Crippen LogP contribution in [-0.2, 0) is 6.18 Å². The van der Waals surface area contributed by atoms with Crippen LogP contribution in [0.25, 0.3) is 38.9 Å². The summed E-state index contributed by atoms with van der Waals surface area (Å²) in [7, 11) is 0. The molecule has 0 saturated heterocycles. The Morgan fingerprint density at radius 3 is 2.63 bits per heavy atom. The van der Waals surface area contributed by atoms with Crippen LogP contribution in [0.15, 0.2) is 55.1 Å². The van der Waals surface area contributed by atoms with Crippen molar-refractivity contribution in [3.8, 4) is 22.4 Å². The minimum absolute atomic E-state index is 0.00813. The van der Waals surface area contributed by atoms with Crippen molar-refractivity contribution in [3.05, 3.63) is 71.4 Å². The van der Waals surface area contributed by atoms with Crippen LogP contribution in [0, 0.1) is 6.92 Å². The summed E-state index contributed by atoms with van der Waals surface area (Å²) in [6.07, 6.45) is 7.60. The second-order valence-electron chi connectivity index (χ2n) is 9.02. The summed E-state index contributed by atoms with van der Waals surface area (Å²) in [4.78, 5) is 9.27. The van der Waals surface area contributed by atoms with Gasteiger partial charge in [-0.15, -0.1) is 0 Å². The van der Waals surface area contributed by atoms with E-state index in [2.05, 4.69) is 15.1 Å². The number of hydrogen-bond donors (Lipinski definition) is 0. The third-order valence-corrected chi connectivity index (χ3v) is 7.20. The van der Waals surface area contributed by atoms with Crippen LogP contribution in [0.3, 0.4) is 0 Å². The van der Waals surface area contributed by atoms with Gasteiger partial charge >= 0.3 is 6.18 Å². The molecule has 4 heterocycles. The lowest BCUT2D eigenvalue weighted by Crippen LogP contribution is -2.08. The predicted molar refractivity (Wildman–Crippen MR) is 129 cm³/mol. The Hall–Kier alpha value is -3.39. The number of benzene rings is 1. The topological polar surface area (TPSA) is 48.0 Å². The monoisotopic (exact) mass is 495 g/mol. The van der Waals surface area contributed by atoms with Crippen molar-refractivity contribution in [3.63, 3.8) is 0 Å². The fourth-order valence-electron chi connectivity index (χ4n) is 5.07. The van der Waals surface area contributed by atoms with E-state index in [-0.39, 0.29) is 16.3 Å². The van der Waals surface area contributed by atoms with Crippen LogP contribution in [0.5, 0.6) is 0 Å². The summed E-state index contributed by atoms with van der Waals surface area (Å²) in [5, 5.41) is 5.32. The zero-order valence-electron chi connectivity index (χ0n) is 18.8. The van der Waals surface area contributed by atoms with Crippen molar-refractivity contribution < 1.29 is 13.2 Å². The molecule has 0 aliphatic heterocycles. The molecule has 0 unspecified atom stereocenters. The normalized spacial score (nSPS) is 15.0. The molecule has 1 aliphatic carbocycles. The summed E-state index contributed by atoms with van der Waals surface area (Å²) in [5.74, 6) is 0. The predicted octanol–water partition coefficient (Wildman–Crippen LogP) is 7.51. The highest BCUT2D eigenvalue weighted by Crippen LogP contribution is 2.42. The first-order valence-corrected chi connectivity index (χ1v) is 11.9. The molecule has 1 aliphatic rings. The summed E-state index contributed by atoms with van der Waals surface area (Å²) in [6.45, 7) is 1.74. The molecule has 35 heavy (non-hydrogen) atoms. The second kappa shape index (κ2) is 8.09. The molecule has 1 fully saturated rings. The number of fused-ring (bicyclic) bond motifs is 3. The molecule has 0 radical (unpaired) electrons. The van der Waals surface area contributed by atoms with Gasteiger partial charge in [0.25, 0.3) is 0 Å². The van der Waals surface area contributed by atoms with Gasteiger partial charge in [0.2, 0.25) is 0 Å². The van der Waals surface area contributed by atoms with E-state index >= 15 is 0 Å². The molecule has 0 amide bonds. The molecular formula is C26H21ClF3N5. The number of imidazole rings is 1. The molecule has 6 rings (SSSR count). The van der Waals surface area contributed by atoms with Crippen molar-refractivity contribution in [2.24, 2.45) is 0 Å². The maximum Gasteiger partial charge on any atom is 0.417 e. The fraction of sp³-hybridized carbons (Fsp3) is 0.269. The Morgan fingerprint density at radius 2 is 1.86 bits per heavy atom. The van der Waals surface area contributed by atoms with Crippen molar-refractivity contribution in [1.29, 1.82) is 0 Å². The number of hydrogen-bond acceptors (Lipinski definition) is 3. The lowest BCUT2D eigenvalue weighted by atomic mass is 10.0. The number of halogens is 4. The first-order chi connectivity index (χ1) is 16.8. The standard InChI is InChI=1S/C26H21ClF3N5/c1-15-24(23-20(26(28,29)30)7-4-8-21(23)27)33-25-19-11-16(12-31-22(19)9-10-34(15)25)17-13-32-35(14-17)18-5-2-3-6-18/h4,7-14,18H,2-3,5-6H2,1H3. The minimum atomic E-state index is -4.56. The molecule has 0 N–H and O–H groups in total. The minimum Gasteiger partial charge on any atom is -0.303 e. The largest absolute Gasteiger partial charge is 0.417 e. The van der Waals surface area contributed by atoms with Crippen LogP contribution < -0.4 is 0 Å². The van der Waals surface area contributed by atoms with Gasteiger partial charge in [-0.25, -0.2) is 4.98 Å². The van der Waals surface area contributed by atoms with Crippen molar-refractivity contribution in [2.45, 2.75) is 44.8 Å². The molecule has 5 aromatic rings. The SMILES string of the molecule is Cc1c(-c2c(Cl)cccc2C(F)(F)F)nc2c3cc(-c4cnn(C5CCCC5)c4)cnc3ccn12. The summed E-state index contributed by atoms with van der Waals surface area (Å²) in [6, 6.07) is 8.03. The van der Waals surface area contributed by atoms with E-state index in [1.807, 2.05) is 29.2 Å². The molecule has 5 nitrogen and oxygen atoms in total. The maximum atomic E-state index is 13.8. The van der Waals surface area contributed by atoms with Crippen molar-refractivity contribution in [2.75, 3.05) is 0 Å². The average Bonchev–Trinajstić information content (AvgIpc) is 3.58. The Kier molecular flexibility index (Phi) is 5.11. The van der Waals surface area contributed by atoms with Crippen molar-refractivity contribution >= 4 is 28.2 Å². The number of aryl methyl sites for hydroxylation is 1. The lowest BCUT2D eigenvalue weighted by molar-refractivity contribution is -0.137.